The molecule has 0 unspecified atom stereocenters. The molecule has 0 bridgehead atoms. The smallest absolute Gasteiger partial charge is 0.0991 e. The number of nitrogens with zero attached hydrogens (tertiary/aromatic N) is 2. The number of fused-ring (bicyclic) bond motifs is 1. The Labute approximate surface area is 113 Å². The van der Waals surface area contributed by atoms with Crippen LogP contribution in [0.15, 0.2) is 36.0 Å². The number of aromatic amines is 1. The Morgan fingerprint density at radius 1 is 1.42 bits per heavy atom. The lowest BCUT2D eigenvalue weighted by Crippen LogP contribution is -2.26. The third kappa shape index (κ3) is 2.40. The van der Waals surface area contributed by atoms with Gasteiger partial charge in [-0.05, 0) is 43.7 Å². The van der Waals surface area contributed by atoms with E-state index in [9.17, 15) is 0 Å². The molecular formula is C16H17N3. The van der Waals surface area contributed by atoms with Crippen LogP contribution in [0.1, 0.15) is 17.5 Å². The third-order valence-corrected chi connectivity index (χ3v) is 3.73. The summed E-state index contributed by atoms with van der Waals surface area (Å²) in [5.74, 6) is 0. The molecule has 3 heteroatoms. The molecule has 0 amide bonds. The minimum Gasteiger partial charge on any atom is -0.361 e. The molecule has 2 aromatic rings. The van der Waals surface area contributed by atoms with Gasteiger partial charge in [-0.3, -0.25) is 0 Å². The van der Waals surface area contributed by atoms with Crippen molar-refractivity contribution in [2.45, 2.75) is 12.8 Å². The number of benzene rings is 1. The van der Waals surface area contributed by atoms with Crippen LogP contribution in [0, 0.1) is 11.3 Å². The first-order valence-corrected chi connectivity index (χ1v) is 6.63. The molecule has 1 aliphatic rings. The summed E-state index contributed by atoms with van der Waals surface area (Å²) in [7, 11) is 2.16. The Morgan fingerprint density at radius 3 is 3.11 bits per heavy atom. The van der Waals surface area contributed by atoms with Gasteiger partial charge in [0.05, 0.1) is 11.6 Å². The number of nitrogens with one attached hydrogen (secondary N) is 1. The molecule has 0 fully saturated rings. The molecule has 0 atom stereocenters. The van der Waals surface area contributed by atoms with E-state index >= 15 is 0 Å². The first-order valence-electron chi connectivity index (χ1n) is 6.63. The molecule has 2 heterocycles. The van der Waals surface area contributed by atoms with E-state index in [0.29, 0.717) is 0 Å². The molecule has 96 valence electrons. The molecule has 0 saturated heterocycles. The van der Waals surface area contributed by atoms with Crippen molar-refractivity contribution in [1.82, 2.24) is 9.88 Å². The van der Waals surface area contributed by atoms with Crippen LogP contribution in [-0.4, -0.2) is 30.0 Å². The van der Waals surface area contributed by atoms with Gasteiger partial charge in [0.2, 0.25) is 0 Å². The molecule has 0 aliphatic carbocycles. The van der Waals surface area contributed by atoms with Crippen molar-refractivity contribution in [3.8, 4) is 6.07 Å². The van der Waals surface area contributed by atoms with Gasteiger partial charge in [-0.25, -0.2) is 0 Å². The van der Waals surface area contributed by atoms with E-state index in [1.165, 1.54) is 16.5 Å². The van der Waals surface area contributed by atoms with Crippen LogP contribution < -0.4 is 0 Å². The average Bonchev–Trinajstić information content (AvgIpc) is 2.81. The number of aromatic nitrogens is 1. The maximum atomic E-state index is 9.00. The van der Waals surface area contributed by atoms with E-state index in [1.807, 2.05) is 18.2 Å². The van der Waals surface area contributed by atoms with Crippen LogP contribution in [0.2, 0.25) is 0 Å². The van der Waals surface area contributed by atoms with Crippen LogP contribution in [0.3, 0.4) is 0 Å². The Morgan fingerprint density at radius 2 is 2.32 bits per heavy atom. The molecule has 3 rings (SSSR count). The summed E-state index contributed by atoms with van der Waals surface area (Å²) in [6.07, 6.45) is 6.53. The zero-order valence-electron chi connectivity index (χ0n) is 11.1. The van der Waals surface area contributed by atoms with Crippen molar-refractivity contribution in [2.75, 3.05) is 20.1 Å². The van der Waals surface area contributed by atoms with E-state index < -0.39 is 0 Å². The highest BCUT2D eigenvalue weighted by Gasteiger charge is 2.11. The fraction of sp³-hybridized carbons (Fsp3) is 0.312. The van der Waals surface area contributed by atoms with Gasteiger partial charge in [0.1, 0.15) is 0 Å². The molecular weight excluding hydrogens is 234 g/mol. The summed E-state index contributed by atoms with van der Waals surface area (Å²) >= 11 is 0. The fourth-order valence-electron chi connectivity index (χ4n) is 2.75. The zero-order valence-corrected chi connectivity index (χ0v) is 11.1. The van der Waals surface area contributed by atoms with Crippen molar-refractivity contribution in [1.29, 1.82) is 5.26 Å². The fourth-order valence-corrected chi connectivity index (χ4v) is 2.75. The maximum absolute atomic E-state index is 9.00. The largest absolute Gasteiger partial charge is 0.361 e. The summed E-state index contributed by atoms with van der Waals surface area (Å²) in [5, 5.41) is 10.2. The van der Waals surface area contributed by atoms with E-state index in [1.54, 1.807) is 0 Å². The van der Waals surface area contributed by atoms with E-state index in [2.05, 4.69) is 35.3 Å². The SMILES string of the molecule is CN1CCC=C(Cc2c[nH]c3ccc(C#N)cc23)C1. The van der Waals surface area contributed by atoms with Gasteiger partial charge in [0, 0.05) is 30.2 Å². The van der Waals surface area contributed by atoms with Gasteiger partial charge < -0.3 is 9.88 Å². The van der Waals surface area contributed by atoms with Crippen LogP contribution in [0.4, 0.5) is 0 Å². The minimum absolute atomic E-state index is 0.725. The lowest BCUT2D eigenvalue weighted by molar-refractivity contribution is 0.352. The van der Waals surface area contributed by atoms with Crippen molar-refractivity contribution in [3.05, 3.63) is 47.2 Å². The highest BCUT2D eigenvalue weighted by molar-refractivity contribution is 5.84. The molecule has 1 N–H and O–H groups in total. The number of rotatable bonds is 2. The minimum atomic E-state index is 0.725. The molecule has 19 heavy (non-hydrogen) atoms. The first-order chi connectivity index (χ1) is 9.26. The van der Waals surface area contributed by atoms with Gasteiger partial charge in [-0.15, -0.1) is 0 Å². The average molecular weight is 251 g/mol. The number of hydrogen-bond donors (Lipinski definition) is 1. The molecule has 0 radical (unpaired) electrons. The summed E-state index contributed by atoms with van der Waals surface area (Å²) in [4.78, 5) is 5.64. The standard InChI is InChI=1S/C16H17N3/c1-19-6-2-3-13(11-19)7-14-10-18-16-5-4-12(9-17)8-15(14)16/h3-5,8,10,18H,2,6-7,11H2,1H3. The number of hydrogen-bond acceptors (Lipinski definition) is 2. The summed E-state index contributed by atoms with van der Waals surface area (Å²) in [6, 6.07) is 8.03. The highest BCUT2D eigenvalue weighted by atomic mass is 15.1. The molecule has 1 aromatic heterocycles. The Bertz CT molecular complexity index is 673. The Kier molecular flexibility index (Phi) is 3.10. The predicted octanol–water partition coefficient (Wildman–Crippen LogP) is 2.84. The quantitative estimate of drug-likeness (QED) is 0.834. The van der Waals surface area contributed by atoms with Crippen molar-refractivity contribution < 1.29 is 0 Å². The molecule has 1 aliphatic heterocycles. The number of likely N-dealkylation sites (N-methyl/N-ethyl adjacent to an activating group) is 1. The van der Waals surface area contributed by atoms with E-state index in [4.69, 9.17) is 5.26 Å². The summed E-state index contributed by atoms with van der Waals surface area (Å²) < 4.78 is 0. The Balaban J connectivity index is 1.93. The highest BCUT2D eigenvalue weighted by Crippen LogP contribution is 2.23. The van der Waals surface area contributed by atoms with E-state index in [0.717, 1.165) is 37.0 Å². The second-order valence-corrected chi connectivity index (χ2v) is 5.25. The molecule has 1 aromatic carbocycles. The summed E-state index contributed by atoms with van der Waals surface area (Å²) in [6.45, 7) is 2.20. The third-order valence-electron chi connectivity index (χ3n) is 3.73. The zero-order chi connectivity index (χ0) is 13.2. The second kappa shape index (κ2) is 4.91. The first kappa shape index (κ1) is 12.0. The van der Waals surface area contributed by atoms with Crippen LogP contribution >= 0.6 is 0 Å². The summed E-state index contributed by atoms with van der Waals surface area (Å²) in [5.41, 5.74) is 4.59. The monoisotopic (exact) mass is 251 g/mol. The topological polar surface area (TPSA) is 42.8 Å². The van der Waals surface area contributed by atoms with Crippen LogP contribution in [0.25, 0.3) is 10.9 Å². The van der Waals surface area contributed by atoms with Crippen molar-refractivity contribution in [3.63, 3.8) is 0 Å². The van der Waals surface area contributed by atoms with Gasteiger partial charge >= 0.3 is 0 Å². The van der Waals surface area contributed by atoms with Gasteiger partial charge in [0.15, 0.2) is 0 Å². The second-order valence-electron chi connectivity index (χ2n) is 5.25. The van der Waals surface area contributed by atoms with Crippen molar-refractivity contribution in [2.24, 2.45) is 0 Å². The number of H-pyrrole nitrogens is 1. The molecule has 3 nitrogen and oxygen atoms in total. The number of nitriles is 1. The van der Waals surface area contributed by atoms with Crippen LogP contribution in [0.5, 0.6) is 0 Å². The van der Waals surface area contributed by atoms with Gasteiger partial charge in [0.25, 0.3) is 0 Å². The van der Waals surface area contributed by atoms with Gasteiger partial charge in [-0.2, -0.15) is 5.26 Å². The van der Waals surface area contributed by atoms with Gasteiger partial charge in [-0.1, -0.05) is 11.6 Å². The normalized spacial score (nSPS) is 16.3. The molecule has 0 spiro atoms. The van der Waals surface area contributed by atoms with Crippen LogP contribution in [-0.2, 0) is 6.42 Å². The predicted molar refractivity (Wildman–Crippen MR) is 76.9 cm³/mol. The van der Waals surface area contributed by atoms with Crippen molar-refractivity contribution >= 4 is 10.9 Å². The van der Waals surface area contributed by atoms with E-state index in [-0.39, 0.29) is 0 Å². The molecule has 0 saturated carbocycles. The lowest BCUT2D eigenvalue weighted by Gasteiger charge is -2.22. The lowest BCUT2D eigenvalue weighted by atomic mass is 10.00. The Hall–Kier alpha value is -2.05. The maximum Gasteiger partial charge on any atom is 0.0991 e.